The van der Waals surface area contributed by atoms with Gasteiger partial charge in [-0.3, -0.25) is 14.4 Å². The van der Waals surface area contributed by atoms with Gasteiger partial charge >= 0.3 is 18.1 Å². The predicted octanol–water partition coefficient (Wildman–Crippen LogP) is 7.73. The molecule has 0 aromatic heterocycles. The van der Waals surface area contributed by atoms with Crippen molar-refractivity contribution < 1.29 is 38.5 Å². The lowest BCUT2D eigenvalue weighted by atomic mass is 9.33. The largest absolute Gasteiger partial charge is 0.511 e. The van der Waals surface area contributed by atoms with Gasteiger partial charge in [-0.05, 0) is 117 Å². The molecule has 0 saturated heterocycles. The third-order valence-corrected chi connectivity index (χ3v) is 14.2. The van der Waals surface area contributed by atoms with E-state index in [0.29, 0.717) is 19.3 Å². The summed E-state index contributed by atoms with van der Waals surface area (Å²) in [5.74, 6) is -1.27. The number of ether oxygens (including phenoxy) is 3. The highest BCUT2D eigenvalue weighted by atomic mass is 16.8. The molecule has 0 amide bonds. The van der Waals surface area contributed by atoms with Crippen LogP contribution in [0.15, 0.2) is 11.6 Å². The monoisotopic (exact) mass is 614 g/mol. The molecule has 4 saturated carbocycles. The van der Waals surface area contributed by atoms with Crippen LogP contribution in [0.1, 0.15) is 120 Å². The molecule has 10 atom stereocenters. The highest BCUT2D eigenvalue weighted by Crippen LogP contribution is 2.75. The second-order valence-electron chi connectivity index (χ2n) is 16.8. The van der Waals surface area contributed by atoms with Crippen LogP contribution in [0, 0.1) is 56.2 Å². The van der Waals surface area contributed by atoms with Crippen LogP contribution in [0.25, 0.3) is 0 Å². The minimum Gasteiger partial charge on any atom is -0.481 e. The van der Waals surface area contributed by atoms with E-state index in [-0.39, 0.29) is 63.7 Å². The van der Waals surface area contributed by atoms with Crippen molar-refractivity contribution in [2.45, 2.75) is 126 Å². The Kier molecular flexibility index (Phi) is 7.94. The third-order valence-electron chi connectivity index (χ3n) is 14.2. The Hall–Kier alpha value is -2.38. The van der Waals surface area contributed by atoms with Gasteiger partial charge in [0.15, 0.2) is 5.78 Å². The number of carboxylic acids is 1. The molecule has 0 aromatic carbocycles. The average Bonchev–Trinajstić information content (AvgIpc) is 2.90. The summed E-state index contributed by atoms with van der Waals surface area (Å²) < 4.78 is 15.5. The minimum absolute atomic E-state index is 0.0133. The average molecular weight is 615 g/mol. The van der Waals surface area contributed by atoms with Crippen molar-refractivity contribution in [3.8, 4) is 0 Å². The van der Waals surface area contributed by atoms with Crippen molar-refractivity contribution in [3.05, 3.63) is 11.6 Å². The number of hydrogen-bond acceptors (Lipinski definition) is 7. The van der Waals surface area contributed by atoms with Crippen molar-refractivity contribution >= 4 is 23.9 Å². The van der Waals surface area contributed by atoms with Crippen molar-refractivity contribution in [2.24, 2.45) is 56.2 Å². The highest BCUT2D eigenvalue weighted by molar-refractivity contribution is 5.96. The van der Waals surface area contributed by atoms with Gasteiger partial charge in [0.05, 0.1) is 17.9 Å². The molecule has 44 heavy (non-hydrogen) atoms. The topological polar surface area (TPSA) is 116 Å². The van der Waals surface area contributed by atoms with Crippen molar-refractivity contribution in [2.75, 3.05) is 6.61 Å². The fourth-order valence-corrected chi connectivity index (χ4v) is 11.4. The van der Waals surface area contributed by atoms with Crippen molar-refractivity contribution in [1.29, 1.82) is 0 Å². The van der Waals surface area contributed by atoms with Crippen LogP contribution in [0.4, 0.5) is 4.79 Å². The van der Waals surface area contributed by atoms with E-state index in [0.717, 1.165) is 38.5 Å². The zero-order valence-electron chi connectivity index (χ0n) is 28.3. The number of hydrogen-bond donors (Lipinski definition) is 1. The van der Waals surface area contributed by atoms with Crippen LogP contribution in [0.5, 0.6) is 0 Å². The van der Waals surface area contributed by atoms with Crippen LogP contribution < -0.4 is 0 Å². The van der Waals surface area contributed by atoms with E-state index < -0.39 is 29.2 Å². The summed E-state index contributed by atoms with van der Waals surface area (Å²) in [7, 11) is 0. The number of aliphatic carboxylic acids is 1. The first-order valence-corrected chi connectivity index (χ1v) is 16.8. The predicted molar refractivity (Wildman–Crippen MR) is 164 cm³/mol. The minimum atomic E-state index is -1.05. The number of esters is 1. The number of ketones is 1. The smallest absolute Gasteiger partial charge is 0.481 e. The molecule has 5 aliphatic carbocycles. The summed E-state index contributed by atoms with van der Waals surface area (Å²) in [6.45, 7) is 18.8. The maximum absolute atomic E-state index is 14.5. The molecule has 5 rings (SSSR count). The van der Waals surface area contributed by atoms with E-state index in [9.17, 15) is 24.3 Å². The zero-order chi connectivity index (χ0) is 32.7. The van der Waals surface area contributed by atoms with Crippen LogP contribution in [-0.2, 0) is 28.6 Å². The molecule has 8 nitrogen and oxygen atoms in total. The maximum atomic E-state index is 14.5. The fourth-order valence-electron chi connectivity index (χ4n) is 11.4. The van der Waals surface area contributed by atoms with Crippen LogP contribution in [0.3, 0.4) is 0 Å². The van der Waals surface area contributed by atoms with E-state index in [1.165, 1.54) is 12.5 Å². The van der Waals surface area contributed by atoms with Gasteiger partial charge in [0.25, 0.3) is 0 Å². The Morgan fingerprint density at radius 3 is 2.23 bits per heavy atom. The number of allylic oxidation sites excluding steroid dienone is 2. The summed E-state index contributed by atoms with van der Waals surface area (Å²) >= 11 is 0. The normalized spacial score (nSPS) is 44.8. The summed E-state index contributed by atoms with van der Waals surface area (Å²) in [4.78, 5) is 52.2. The molecule has 0 bridgehead atoms. The van der Waals surface area contributed by atoms with E-state index in [4.69, 9.17) is 14.2 Å². The van der Waals surface area contributed by atoms with Crippen LogP contribution in [0.2, 0.25) is 0 Å². The molecule has 8 heteroatoms. The number of carboxylic acid groups (broad SMARTS) is 1. The van der Waals surface area contributed by atoms with E-state index >= 15 is 0 Å². The molecular formula is C36H54O8. The summed E-state index contributed by atoms with van der Waals surface area (Å²) in [6, 6.07) is 0. The lowest BCUT2D eigenvalue weighted by Crippen LogP contribution is -2.66. The first-order valence-electron chi connectivity index (χ1n) is 16.8. The number of carbonyl (C=O) groups excluding carboxylic acids is 3. The van der Waals surface area contributed by atoms with Gasteiger partial charge < -0.3 is 19.3 Å². The van der Waals surface area contributed by atoms with Gasteiger partial charge in [0.2, 0.25) is 6.29 Å². The van der Waals surface area contributed by atoms with Gasteiger partial charge in [-0.1, -0.05) is 47.1 Å². The Labute approximate surface area is 263 Å². The number of rotatable bonds is 5. The molecule has 5 aliphatic rings. The van der Waals surface area contributed by atoms with E-state index in [1.54, 1.807) is 6.92 Å². The van der Waals surface area contributed by atoms with Gasteiger partial charge in [-0.15, -0.1) is 0 Å². The molecule has 0 unspecified atom stereocenters. The van der Waals surface area contributed by atoms with Gasteiger partial charge in [-0.25, -0.2) is 4.79 Å². The highest BCUT2D eigenvalue weighted by Gasteiger charge is 2.70. The zero-order valence-corrected chi connectivity index (χ0v) is 28.3. The molecule has 1 N–H and O–H groups in total. The Balaban J connectivity index is 1.45. The summed E-state index contributed by atoms with van der Waals surface area (Å²) in [6.07, 6.45) is 7.35. The Morgan fingerprint density at radius 2 is 1.59 bits per heavy atom. The van der Waals surface area contributed by atoms with E-state index in [1.807, 2.05) is 13.0 Å². The molecule has 0 spiro atoms. The Morgan fingerprint density at radius 1 is 0.932 bits per heavy atom. The SMILES string of the molecule is CCOC(=O)O[C@H](C)OC(=O)[C@H]1CC[C@]2(C)[C@H]3C(=O)C=C4[C@@H]5C[C@@](C)(C(=O)O)CC[C@]5(C)CC[C@@]4(C)[C@]3(C)CC[C@H]2C1(C)C. The Bertz CT molecular complexity index is 1270. The van der Waals surface area contributed by atoms with E-state index in [2.05, 4.69) is 41.5 Å². The third kappa shape index (κ3) is 4.66. The molecule has 0 heterocycles. The molecule has 0 aliphatic heterocycles. The van der Waals surface area contributed by atoms with Gasteiger partial charge in [-0.2, -0.15) is 0 Å². The quantitative estimate of drug-likeness (QED) is 0.247. The van der Waals surface area contributed by atoms with Crippen LogP contribution in [-0.4, -0.2) is 41.9 Å². The maximum Gasteiger partial charge on any atom is 0.511 e. The first-order chi connectivity index (χ1) is 20.3. The standard InChI is InChI=1S/C36H54O8/c1-10-42-30(41)44-21(2)43-28(38)22-11-13-34(7)26(31(22,3)4)12-14-36(9)27(34)25(37)19-23-24-20-33(6,29(39)40)16-15-32(24,5)17-18-35(23,36)8/h19,21-22,24,26-27H,10-18,20H2,1-9H3,(H,39,40)/t21-,22-,24+,26+,27-,32-,33+,34+,35-,36-/m1/s1. The molecule has 0 aromatic rings. The van der Waals surface area contributed by atoms with Gasteiger partial charge in [0, 0.05) is 12.8 Å². The second kappa shape index (κ2) is 10.6. The lowest BCUT2D eigenvalue weighted by Gasteiger charge is -2.70. The second-order valence-corrected chi connectivity index (χ2v) is 16.8. The lowest BCUT2D eigenvalue weighted by molar-refractivity contribution is -0.206. The fraction of sp³-hybridized carbons (Fsp3) is 0.833. The number of fused-ring (bicyclic) bond motifs is 7. The summed E-state index contributed by atoms with van der Waals surface area (Å²) in [5, 5.41) is 10.2. The molecule has 246 valence electrons. The van der Waals surface area contributed by atoms with Crippen molar-refractivity contribution in [3.63, 3.8) is 0 Å². The summed E-state index contributed by atoms with van der Waals surface area (Å²) in [5.41, 5.74) is -0.744. The van der Waals surface area contributed by atoms with Gasteiger partial charge in [0.1, 0.15) is 0 Å². The number of carbonyl (C=O) groups is 4. The molecular weight excluding hydrogens is 560 g/mol. The first kappa shape index (κ1) is 33.0. The molecule has 0 radical (unpaired) electrons. The van der Waals surface area contributed by atoms with Crippen LogP contribution >= 0.6 is 0 Å². The molecule has 4 fully saturated rings. The van der Waals surface area contributed by atoms with Crippen molar-refractivity contribution in [1.82, 2.24) is 0 Å².